The Kier molecular flexibility index (Phi) is 5.81. The molecule has 100 valence electrons. The summed E-state index contributed by atoms with van der Waals surface area (Å²) in [6, 6.07) is 1.85. The second kappa shape index (κ2) is 6.89. The third kappa shape index (κ3) is 3.81. The first-order chi connectivity index (χ1) is 8.49. The highest BCUT2D eigenvalue weighted by Gasteiger charge is 2.20. The lowest BCUT2D eigenvalue weighted by molar-refractivity contribution is -0.121. The Hall–Kier alpha value is -0.880. The maximum atomic E-state index is 12.3. The van der Waals surface area contributed by atoms with Crippen molar-refractivity contribution in [3.05, 3.63) is 20.3 Å². The van der Waals surface area contributed by atoms with Gasteiger partial charge in [-0.05, 0) is 40.9 Å². The molecule has 0 saturated heterocycles. The fourth-order valence-corrected chi connectivity index (χ4v) is 3.00. The Bertz CT molecular complexity index is 426. The fraction of sp³-hybridized carbons (Fsp3) is 0.500. The minimum Gasteiger partial charge on any atom is -0.358 e. The standard InChI is InChI=1S/C12H17BrN2O2S/c1-4-5-15(7-10(16)14-3)12(17)9-6-8(2)11(13)18-9/h6H,4-5,7H2,1-3H3,(H,14,16). The zero-order valence-corrected chi connectivity index (χ0v) is 13.2. The van der Waals surface area contributed by atoms with E-state index in [1.807, 2.05) is 19.9 Å². The molecule has 4 nitrogen and oxygen atoms in total. The van der Waals surface area contributed by atoms with Crippen LogP contribution >= 0.6 is 27.3 Å². The van der Waals surface area contributed by atoms with E-state index in [9.17, 15) is 9.59 Å². The molecule has 0 atom stereocenters. The SMILES string of the molecule is CCCN(CC(=O)NC)C(=O)c1cc(C)c(Br)s1. The maximum Gasteiger partial charge on any atom is 0.264 e. The molecular weight excluding hydrogens is 316 g/mol. The second-order valence-corrected chi connectivity index (χ2v) is 6.34. The quantitative estimate of drug-likeness (QED) is 0.900. The van der Waals surface area contributed by atoms with Crippen molar-refractivity contribution in [1.82, 2.24) is 10.2 Å². The van der Waals surface area contributed by atoms with Gasteiger partial charge >= 0.3 is 0 Å². The van der Waals surface area contributed by atoms with E-state index < -0.39 is 0 Å². The van der Waals surface area contributed by atoms with Gasteiger partial charge in [-0.25, -0.2) is 0 Å². The van der Waals surface area contributed by atoms with Crippen molar-refractivity contribution in [2.75, 3.05) is 20.1 Å². The zero-order chi connectivity index (χ0) is 13.7. The van der Waals surface area contributed by atoms with Gasteiger partial charge in [0.2, 0.25) is 5.91 Å². The van der Waals surface area contributed by atoms with E-state index in [0.29, 0.717) is 11.4 Å². The van der Waals surface area contributed by atoms with Crippen LogP contribution in [0.1, 0.15) is 28.6 Å². The van der Waals surface area contributed by atoms with E-state index in [4.69, 9.17) is 0 Å². The lowest BCUT2D eigenvalue weighted by atomic mass is 10.3. The van der Waals surface area contributed by atoms with Crippen molar-refractivity contribution in [2.24, 2.45) is 0 Å². The molecule has 0 aliphatic heterocycles. The van der Waals surface area contributed by atoms with Crippen LogP contribution in [0.5, 0.6) is 0 Å². The summed E-state index contributed by atoms with van der Waals surface area (Å²) in [5.41, 5.74) is 1.04. The molecule has 6 heteroatoms. The van der Waals surface area contributed by atoms with E-state index in [1.165, 1.54) is 11.3 Å². The summed E-state index contributed by atoms with van der Waals surface area (Å²) in [7, 11) is 1.57. The summed E-state index contributed by atoms with van der Waals surface area (Å²) in [5.74, 6) is -0.233. The molecule has 18 heavy (non-hydrogen) atoms. The van der Waals surface area contributed by atoms with E-state index in [2.05, 4.69) is 21.2 Å². The van der Waals surface area contributed by atoms with E-state index in [1.54, 1.807) is 11.9 Å². The molecule has 1 aromatic heterocycles. The van der Waals surface area contributed by atoms with E-state index >= 15 is 0 Å². The molecule has 0 aliphatic rings. The summed E-state index contributed by atoms with van der Waals surface area (Å²) >= 11 is 4.81. The van der Waals surface area contributed by atoms with Crippen LogP contribution in [-0.4, -0.2) is 36.9 Å². The summed E-state index contributed by atoms with van der Waals surface area (Å²) in [4.78, 5) is 25.9. The molecule has 1 heterocycles. The summed E-state index contributed by atoms with van der Waals surface area (Å²) < 4.78 is 0.960. The molecule has 0 unspecified atom stereocenters. The number of aryl methyl sites for hydroxylation is 1. The first-order valence-corrected chi connectivity index (χ1v) is 7.36. The molecule has 0 aliphatic carbocycles. The monoisotopic (exact) mass is 332 g/mol. The van der Waals surface area contributed by atoms with Crippen LogP contribution in [0.2, 0.25) is 0 Å². The molecule has 1 N–H and O–H groups in total. The lowest BCUT2D eigenvalue weighted by Crippen LogP contribution is -2.39. The highest BCUT2D eigenvalue weighted by Crippen LogP contribution is 2.28. The Balaban J connectivity index is 2.84. The van der Waals surface area contributed by atoms with Crippen molar-refractivity contribution < 1.29 is 9.59 Å². The Morgan fingerprint density at radius 3 is 2.61 bits per heavy atom. The smallest absolute Gasteiger partial charge is 0.264 e. The number of amides is 2. The highest BCUT2D eigenvalue weighted by atomic mass is 79.9. The predicted octanol–water partition coefficient (Wildman–Crippen LogP) is 2.42. The van der Waals surface area contributed by atoms with Crippen LogP contribution in [0.3, 0.4) is 0 Å². The van der Waals surface area contributed by atoms with Gasteiger partial charge in [0, 0.05) is 13.6 Å². The number of thiophene rings is 1. The summed E-state index contributed by atoms with van der Waals surface area (Å²) in [6.07, 6.45) is 0.828. The Labute approximate surface area is 119 Å². The van der Waals surface area contributed by atoms with Crippen molar-refractivity contribution in [3.63, 3.8) is 0 Å². The van der Waals surface area contributed by atoms with Gasteiger partial charge in [-0.2, -0.15) is 0 Å². The van der Waals surface area contributed by atoms with Gasteiger partial charge in [-0.15, -0.1) is 11.3 Å². The molecule has 0 aromatic carbocycles. The van der Waals surface area contributed by atoms with Crippen molar-refractivity contribution in [1.29, 1.82) is 0 Å². The maximum absolute atomic E-state index is 12.3. The predicted molar refractivity (Wildman–Crippen MR) is 77.0 cm³/mol. The second-order valence-electron chi connectivity index (χ2n) is 3.97. The normalized spacial score (nSPS) is 10.2. The number of rotatable bonds is 5. The van der Waals surface area contributed by atoms with Crippen LogP contribution in [-0.2, 0) is 4.79 Å². The van der Waals surface area contributed by atoms with Crippen LogP contribution in [0.25, 0.3) is 0 Å². The van der Waals surface area contributed by atoms with Gasteiger partial charge in [-0.1, -0.05) is 6.92 Å². The molecular formula is C12H17BrN2O2S. The van der Waals surface area contributed by atoms with Crippen molar-refractivity contribution >= 4 is 39.1 Å². The van der Waals surface area contributed by atoms with Gasteiger partial charge in [0.1, 0.15) is 0 Å². The number of carbonyl (C=O) groups excluding carboxylic acids is 2. The van der Waals surface area contributed by atoms with Gasteiger partial charge in [-0.3, -0.25) is 9.59 Å². The van der Waals surface area contributed by atoms with Crippen LogP contribution < -0.4 is 5.32 Å². The fourth-order valence-electron chi connectivity index (χ4n) is 1.50. The zero-order valence-electron chi connectivity index (χ0n) is 10.7. The number of hydrogen-bond donors (Lipinski definition) is 1. The van der Waals surface area contributed by atoms with Crippen LogP contribution in [0.4, 0.5) is 0 Å². The molecule has 0 bridgehead atoms. The number of nitrogens with zero attached hydrogens (tertiary/aromatic N) is 1. The summed E-state index contributed by atoms with van der Waals surface area (Å²) in [6.45, 7) is 4.62. The number of halogens is 1. The average Bonchev–Trinajstić information content (AvgIpc) is 2.68. The van der Waals surface area contributed by atoms with Crippen LogP contribution in [0.15, 0.2) is 9.85 Å². The molecule has 0 spiro atoms. The number of nitrogens with one attached hydrogen (secondary N) is 1. The summed E-state index contributed by atoms with van der Waals surface area (Å²) in [5, 5.41) is 2.54. The molecule has 1 aromatic rings. The van der Waals surface area contributed by atoms with Gasteiger partial charge in [0.25, 0.3) is 5.91 Å². The van der Waals surface area contributed by atoms with Crippen molar-refractivity contribution in [3.8, 4) is 0 Å². The van der Waals surface area contributed by atoms with Gasteiger partial charge in [0.15, 0.2) is 0 Å². The van der Waals surface area contributed by atoms with E-state index in [-0.39, 0.29) is 18.4 Å². The van der Waals surface area contributed by atoms with Gasteiger partial charge in [0.05, 0.1) is 15.2 Å². The number of likely N-dealkylation sites (N-methyl/N-ethyl adjacent to an activating group) is 1. The third-order valence-electron chi connectivity index (χ3n) is 2.46. The molecule has 0 radical (unpaired) electrons. The van der Waals surface area contributed by atoms with Crippen LogP contribution in [0, 0.1) is 6.92 Å². The minimum absolute atomic E-state index is 0.0840. The average molecular weight is 333 g/mol. The van der Waals surface area contributed by atoms with Crippen molar-refractivity contribution in [2.45, 2.75) is 20.3 Å². The highest BCUT2D eigenvalue weighted by molar-refractivity contribution is 9.11. The first-order valence-electron chi connectivity index (χ1n) is 5.75. The van der Waals surface area contributed by atoms with Gasteiger partial charge < -0.3 is 10.2 Å². The minimum atomic E-state index is -0.149. The molecule has 2 amide bonds. The third-order valence-corrected chi connectivity index (χ3v) is 4.59. The largest absolute Gasteiger partial charge is 0.358 e. The molecule has 1 rings (SSSR count). The lowest BCUT2D eigenvalue weighted by Gasteiger charge is -2.20. The number of hydrogen-bond acceptors (Lipinski definition) is 3. The first kappa shape index (κ1) is 15.2. The molecule has 0 saturated carbocycles. The Morgan fingerprint density at radius 2 is 2.17 bits per heavy atom. The number of carbonyl (C=O) groups is 2. The van der Waals surface area contributed by atoms with E-state index in [0.717, 1.165) is 15.8 Å². The topological polar surface area (TPSA) is 49.4 Å². The molecule has 0 fully saturated rings. The Morgan fingerprint density at radius 1 is 1.50 bits per heavy atom.